The minimum Gasteiger partial charge on any atom is -0.497 e. The number of aromatic nitrogens is 2. The lowest BCUT2D eigenvalue weighted by molar-refractivity contribution is -0.385. The number of rotatable bonds is 15. The molecule has 1 amide bonds. The smallest absolute Gasteiger partial charge is 0.282 e. The molecule has 0 atom stereocenters. The lowest BCUT2D eigenvalue weighted by Gasteiger charge is -2.12. The van der Waals surface area contributed by atoms with E-state index in [0.717, 1.165) is 41.5 Å². The molecule has 0 saturated heterocycles. The number of carbonyl (C=O) groups excluding carboxylic acids is 1. The Kier molecular flexibility index (Phi) is 11.1. The SMILES string of the molecule is COc1ccc(CCCc2nnc(SCC(=O)N/N=C\c3cc(OC)c(OCc4ccccc4)cc3[N+](=O)[O-])o2)c(C)c1. The van der Waals surface area contributed by atoms with E-state index >= 15 is 0 Å². The summed E-state index contributed by atoms with van der Waals surface area (Å²) in [5, 5.41) is 23.9. The molecule has 3 aromatic carbocycles. The minimum absolute atomic E-state index is 0.0400. The summed E-state index contributed by atoms with van der Waals surface area (Å²) < 4.78 is 22.0. The first kappa shape index (κ1) is 31.0. The van der Waals surface area contributed by atoms with Crippen LogP contribution in [-0.2, 0) is 24.2 Å². The fourth-order valence-corrected chi connectivity index (χ4v) is 4.64. The number of hydrogen-bond acceptors (Lipinski definition) is 11. The number of methoxy groups -OCH3 is 2. The number of hydrogen-bond donors (Lipinski definition) is 1. The van der Waals surface area contributed by atoms with Crippen molar-refractivity contribution in [1.82, 2.24) is 15.6 Å². The molecule has 1 N–H and O–H groups in total. The van der Waals surface area contributed by atoms with Gasteiger partial charge in [-0.1, -0.05) is 48.2 Å². The Balaban J connectivity index is 1.27. The molecule has 13 heteroatoms. The normalized spacial score (nSPS) is 11.0. The van der Waals surface area contributed by atoms with Crippen LogP contribution >= 0.6 is 11.8 Å². The van der Waals surface area contributed by atoms with Gasteiger partial charge in [0.25, 0.3) is 16.8 Å². The molecule has 43 heavy (non-hydrogen) atoms. The van der Waals surface area contributed by atoms with Crippen molar-refractivity contribution < 1.29 is 28.3 Å². The van der Waals surface area contributed by atoms with Gasteiger partial charge in [0.05, 0.1) is 42.7 Å². The third kappa shape index (κ3) is 9.04. The molecule has 0 spiro atoms. The number of thioether (sulfide) groups is 1. The van der Waals surface area contributed by atoms with E-state index in [1.807, 2.05) is 49.4 Å². The molecule has 0 aliphatic rings. The molecule has 0 aliphatic heterocycles. The van der Waals surface area contributed by atoms with Gasteiger partial charge < -0.3 is 18.6 Å². The minimum atomic E-state index is -0.556. The average molecular weight is 606 g/mol. The third-order valence-corrected chi connectivity index (χ3v) is 7.12. The molecule has 1 aromatic heterocycles. The van der Waals surface area contributed by atoms with Crippen LogP contribution in [0.5, 0.6) is 17.2 Å². The third-order valence-electron chi connectivity index (χ3n) is 6.30. The van der Waals surface area contributed by atoms with E-state index in [1.165, 1.54) is 31.0 Å². The predicted octanol–water partition coefficient (Wildman–Crippen LogP) is 5.30. The number of carbonyl (C=O) groups is 1. The van der Waals surface area contributed by atoms with E-state index in [1.54, 1.807) is 7.11 Å². The number of nitrogens with zero attached hydrogens (tertiary/aromatic N) is 4. The van der Waals surface area contributed by atoms with Crippen LogP contribution in [0, 0.1) is 17.0 Å². The van der Waals surface area contributed by atoms with Crippen LogP contribution in [0.25, 0.3) is 0 Å². The fourth-order valence-electron chi connectivity index (χ4n) is 4.07. The van der Waals surface area contributed by atoms with Gasteiger partial charge in [0.1, 0.15) is 12.4 Å². The maximum absolute atomic E-state index is 12.3. The summed E-state index contributed by atoms with van der Waals surface area (Å²) in [6.45, 7) is 2.26. The van der Waals surface area contributed by atoms with Gasteiger partial charge in [-0.05, 0) is 54.7 Å². The predicted molar refractivity (Wildman–Crippen MR) is 161 cm³/mol. The first-order chi connectivity index (χ1) is 20.9. The highest BCUT2D eigenvalue weighted by atomic mass is 32.2. The number of nitro groups is 1. The van der Waals surface area contributed by atoms with Gasteiger partial charge in [-0.3, -0.25) is 14.9 Å². The molecule has 1 heterocycles. The highest BCUT2D eigenvalue weighted by molar-refractivity contribution is 7.99. The van der Waals surface area contributed by atoms with Crippen molar-refractivity contribution in [2.75, 3.05) is 20.0 Å². The Morgan fingerprint density at radius 2 is 1.88 bits per heavy atom. The Morgan fingerprint density at radius 3 is 2.60 bits per heavy atom. The first-order valence-electron chi connectivity index (χ1n) is 13.3. The molecule has 0 fully saturated rings. The first-order valence-corrected chi connectivity index (χ1v) is 14.3. The van der Waals surface area contributed by atoms with Crippen LogP contribution in [0.3, 0.4) is 0 Å². The number of amides is 1. The van der Waals surface area contributed by atoms with Crippen molar-refractivity contribution in [2.45, 2.75) is 38.0 Å². The van der Waals surface area contributed by atoms with Crippen LogP contribution in [0.1, 0.15) is 34.6 Å². The van der Waals surface area contributed by atoms with Gasteiger partial charge in [-0.15, -0.1) is 10.2 Å². The molecule has 0 unspecified atom stereocenters. The number of benzene rings is 3. The molecule has 224 valence electrons. The Morgan fingerprint density at radius 1 is 1.07 bits per heavy atom. The van der Waals surface area contributed by atoms with E-state index in [0.29, 0.717) is 12.3 Å². The Labute approximate surface area is 252 Å². The Bertz CT molecular complexity index is 1580. The number of hydrazone groups is 1. The number of ether oxygens (including phenoxy) is 3. The van der Waals surface area contributed by atoms with E-state index in [-0.39, 0.29) is 40.3 Å². The quantitative estimate of drug-likeness (QED) is 0.0818. The van der Waals surface area contributed by atoms with E-state index in [9.17, 15) is 14.9 Å². The summed E-state index contributed by atoms with van der Waals surface area (Å²) in [7, 11) is 3.08. The van der Waals surface area contributed by atoms with Crippen LogP contribution in [0.4, 0.5) is 5.69 Å². The number of aryl methyl sites for hydroxylation is 3. The molecule has 4 aromatic rings. The van der Waals surface area contributed by atoms with Gasteiger partial charge in [0, 0.05) is 6.42 Å². The lowest BCUT2D eigenvalue weighted by atomic mass is 10.0. The van der Waals surface area contributed by atoms with Crippen molar-refractivity contribution in [3.63, 3.8) is 0 Å². The summed E-state index contributed by atoms with van der Waals surface area (Å²) in [6, 6.07) is 18.1. The molecule has 0 aliphatic carbocycles. The van der Waals surface area contributed by atoms with Crippen LogP contribution in [-0.4, -0.2) is 47.2 Å². The zero-order chi connectivity index (χ0) is 30.6. The van der Waals surface area contributed by atoms with Crippen molar-refractivity contribution in [3.05, 3.63) is 98.9 Å². The topological polar surface area (TPSA) is 151 Å². The van der Waals surface area contributed by atoms with Crippen LogP contribution < -0.4 is 19.6 Å². The van der Waals surface area contributed by atoms with Crippen molar-refractivity contribution in [3.8, 4) is 17.2 Å². The van der Waals surface area contributed by atoms with Crippen LogP contribution in [0.2, 0.25) is 0 Å². The Hall–Kier alpha value is -4.91. The van der Waals surface area contributed by atoms with Crippen molar-refractivity contribution >= 4 is 29.6 Å². The molecule has 0 bridgehead atoms. The molecule has 0 radical (unpaired) electrons. The van der Waals surface area contributed by atoms with Gasteiger partial charge in [-0.25, -0.2) is 5.43 Å². The zero-order valence-corrected chi connectivity index (χ0v) is 24.8. The summed E-state index contributed by atoms with van der Waals surface area (Å²) in [4.78, 5) is 23.5. The standard InChI is InChI=1S/C30H31N5O7S/c1-20-14-24(39-2)13-12-22(20)10-7-11-29-33-34-30(42-29)43-19-28(36)32-31-17-23-15-26(40-3)27(16-25(23)35(37)38)41-18-21-8-5-4-6-9-21/h4-6,8-9,12-17H,7,10-11,18-19H2,1-3H3,(H,32,36)/b31-17-. The second-order valence-corrected chi connectivity index (χ2v) is 10.2. The largest absolute Gasteiger partial charge is 0.497 e. The summed E-state index contributed by atoms with van der Waals surface area (Å²) in [5.74, 6) is 1.33. The second kappa shape index (κ2) is 15.4. The summed E-state index contributed by atoms with van der Waals surface area (Å²) >= 11 is 1.07. The van der Waals surface area contributed by atoms with E-state index in [4.69, 9.17) is 18.6 Å². The summed E-state index contributed by atoms with van der Waals surface area (Å²) in [5.41, 5.74) is 5.52. The monoisotopic (exact) mass is 605 g/mol. The molecular weight excluding hydrogens is 574 g/mol. The second-order valence-electron chi connectivity index (χ2n) is 9.28. The fraction of sp³-hybridized carbons (Fsp3) is 0.267. The highest BCUT2D eigenvalue weighted by Gasteiger charge is 2.19. The van der Waals surface area contributed by atoms with Gasteiger partial charge in [0.15, 0.2) is 11.5 Å². The molecule has 4 rings (SSSR count). The van der Waals surface area contributed by atoms with Crippen molar-refractivity contribution in [2.24, 2.45) is 5.10 Å². The van der Waals surface area contributed by atoms with E-state index < -0.39 is 10.8 Å². The highest BCUT2D eigenvalue weighted by Crippen LogP contribution is 2.34. The summed E-state index contributed by atoms with van der Waals surface area (Å²) in [6.07, 6.45) is 3.47. The molecular formula is C30H31N5O7S. The van der Waals surface area contributed by atoms with Gasteiger partial charge in [0.2, 0.25) is 5.89 Å². The zero-order valence-electron chi connectivity index (χ0n) is 23.9. The lowest BCUT2D eigenvalue weighted by Crippen LogP contribution is -2.19. The van der Waals surface area contributed by atoms with Crippen LogP contribution in [0.15, 0.2) is 75.4 Å². The number of nitrogens with one attached hydrogen (secondary N) is 1. The van der Waals surface area contributed by atoms with Crippen molar-refractivity contribution in [1.29, 1.82) is 0 Å². The number of nitro benzene ring substituents is 1. The molecule has 0 saturated carbocycles. The average Bonchev–Trinajstić information content (AvgIpc) is 3.47. The van der Waals surface area contributed by atoms with Gasteiger partial charge >= 0.3 is 0 Å². The molecule has 12 nitrogen and oxygen atoms in total. The van der Waals surface area contributed by atoms with E-state index in [2.05, 4.69) is 26.8 Å². The maximum atomic E-state index is 12.3. The van der Waals surface area contributed by atoms with Gasteiger partial charge in [-0.2, -0.15) is 5.10 Å². The maximum Gasteiger partial charge on any atom is 0.282 e.